The van der Waals surface area contributed by atoms with Crippen LogP contribution in [0.25, 0.3) is 6.08 Å². The third kappa shape index (κ3) is 4.82. The smallest absolute Gasteiger partial charge is 0.353 e. The Labute approximate surface area is 155 Å². The number of ether oxygens (including phenoxy) is 2. The molecule has 0 aliphatic rings. The van der Waals surface area contributed by atoms with E-state index in [1.165, 1.54) is 30.6 Å². The van der Waals surface area contributed by atoms with Crippen LogP contribution >= 0.6 is 11.3 Å². The second kappa shape index (κ2) is 9.20. The minimum atomic E-state index is -0.500. The maximum Gasteiger partial charge on any atom is 0.353 e. The highest BCUT2D eigenvalue weighted by Gasteiger charge is 2.14. The van der Waals surface area contributed by atoms with Crippen molar-refractivity contribution in [3.8, 4) is 17.6 Å². The second-order valence-corrected chi connectivity index (χ2v) is 5.89. The van der Waals surface area contributed by atoms with Crippen molar-refractivity contribution in [1.29, 1.82) is 5.26 Å². The molecule has 2 aromatic rings. The lowest BCUT2D eigenvalue weighted by Crippen LogP contribution is -2.24. The molecule has 0 aliphatic carbocycles. The summed E-state index contributed by atoms with van der Waals surface area (Å²) in [6.07, 6.45) is 2.94. The number of nitrogens with one attached hydrogen (secondary N) is 1. The molecule has 2 rings (SSSR count). The summed E-state index contributed by atoms with van der Waals surface area (Å²) in [6.45, 7) is 3.76. The van der Waals surface area contributed by atoms with Crippen molar-refractivity contribution >= 4 is 29.3 Å². The van der Waals surface area contributed by atoms with E-state index in [-0.39, 0.29) is 17.9 Å². The summed E-state index contributed by atoms with van der Waals surface area (Å²) < 4.78 is 10.6. The van der Waals surface area contributed by atoms with Gasteiger partial charge in [-0.15, -0.1) is 17.9 Å². The monoisotopic (exact) mass is 368 g/mol. The Hall–Kier alpha value is -3.37. The van der Waals surface area contributed by atoms with Crippen LogP contribution in [-0.4, -0.2) is 25.5 Å². The van der Waals surface area contributed by atoms with E-state index in [9.17, 15) is 9.59 Å². The molecule has 0 fully saturated rings. The summed E-state index contributed by atoms with van der Waals surface area (Å²) >= 11 is 1.28. The van der Waals surface area contributed by atoms with Crippen LogP contribution in [0.4, 0.5) is 0 Å². The van der Waals surface area contributed by atoms with Gasteiger partial charge in [0.15, 0.2) is 11.5 Å². The van der Waals surface area contributed by atoms with Gasteiger partial charge >= 0.3 is 5.97 Å². The zero-order valence-corrected chi connectivity index (χ0v) is 14.8. The molecule has 0 radical (unpaired) electrons. The number of amides is 1. The summed E-state index contributed by atoms with van der Waals surface area (Å²) in [6, 6.07) is 10.0. The molecule has 1 aromatic heterocycles. The van der Waals surface area contributed by atoms with Crippen molar-refractivity contribution in [2.75, 3.05) is 13.7 Å². The number of hydrogen-bond acceptors (Lipinski definition) is 6. The van der Waals surface area contributed by atoms with Crippen LogP contribution in [-0.2, 0) is 4.79 Å². The van der Waals surface area contributed by atoms with E-state index in [1.54, 1.807) is 35.7 Å². The maximum absolute atomic E-state index is 12.1. The van der Waals surface area contributed by atoms with Crippen molar-refractivity contribution in [2.45, 2.75) is 0 Å². The van der Waals surface area contributed by atoms with E-state index >= 15 is 0 Å². The fourth-order valence-electron chi connectivity index (χ4n) is 1.98. The molecule has 132 valence electrons. The molecule has 0 bridgehead atoms. The van der Waals surface area contributed by atoms with E-state index in [2.05, 4.69) is 11.9 Å². The highest BCUT2D eigenvalue weighted by atomic mass is 32.1. The fourth-order valence-corrected chi connectivity index (χ4v) is 2.58. The number of methoxy groups -OCH3 is 1. The first-order valence-corrected chi connectivity index (χ1v) is 8.41. The summed E-state index contributed by atoms with van der Waals surface area (Å²) in [5.74, 6) is -0.423. The van der Waals surface area contributed by atoms with Crippen molar-refractivity contribution in [2.24, 2.45) is 0 Å². The molecular weight excluding hydrogens is 352 g/mol. The van der Waals surface area contributed by atoms with Crippen molar-refractivity contribution in [3.63, 3.8) is 0 Å². The van der Waals surface area contributed by atoms with Gasteiger partial charge in [0.05, 0.1) is 7.11 Å². The maximum atomic E-state index is 12.1. The molecule has 0 unspecified atom stereocenters. The molecular formula is C19H16N2O4S. The number of nitrogens with zero attached hydrogens (tertiary/aromatic N) is 1. The normalized spacial score (nSPS) is 10.5. The first kappa shape index (κ1) is 19.0. The van der Waals surface area contributed by atoms with Gasteiger partial charge in [-0.2, -0.15) is 5.26 Å². The van der Waals surface area contributed by atoms with Gasteiger partial charge in [-0.05, 0) is 35.2 Å². The van der Waals surface area contributed by atoms with Crippen LogP contribution < -0.4 is 14.8 Å². The molecule has 0 spiro atoms. The van der Waals surface area contributed by atoms with Crippen LogP contribution in [0, 0.1) is 11.3 Å². The number of hydrogen-bond donors (Lipinski definition) is 1. The number of thiophene rings is 1. The summed E-state index contributed by atoms with van der Waals surface area (Å²) in [4.78, 5) is 24.4. The number of carbonyl (C=O) groups is 2. The number of esters is 1. The van der Waals surface area contributed by atoms with Crippen molar-refractivity contribution < 1.29 is 19.1 Å². The predicted molar refractivity (Wildman–Crippen MR) is 99.1 cm³/mol. The van der Waals surface area contributed by atoms with Crippen LogP contribution in [0.3, 0.4) is 0 Å². The Morgan fingerprint density at radius 2 is 2.15 bits per heavy atom. The lowest BCUT2D eigenvalue weighted by Gasteiger charge is -2.09. The molecule has 1 heterocycles. The SMILES string of the molecule is C=CCNC(=O)C(C#N)=Cc1ccc(OC(=O)c2cccs2)c(OC)c1. The first-order chi connectivity index (χ1) is 12.6. The van der Waals surface area contributed by atoms with Crippen LogP contribution in [0.2, 0.25) is 0 Å². The van der Waals surface area contributed by atoms with E-state index in [0.29, 0.717) is 16.2 Å². The topological polar surface area (TPSA) is 88.4 Å². The predicted octanol–water partition coefficient (Wildman–Crippen LogP) is 3.19. The summed E-state index contributed by atoms with van der Waals surface area (Å²) in [5, 5.41) is 13.5. The molecule has 1 aromatic carbocycles. The van der Waals surface area contributed by atoms with E-state index in [4.69, 9.17) is 14.7 Å². The van der Waals surface area contributed by atoms with Crippen molar-refractivity contribution in [1.82, 2.24) is 5.32 Å². The third-order valence-electron chi connectivity index (χ3n) is 3.20. The average Bonchev–Trinajstić information content (AvgIpc) is 3.19. The third-order valence-corrected chi connectivity index (χ3v) is 4.05. The molecule has 0 aliphatic heterocycles. The lowest BCUT2D eigenvalue weighted by molar-refractivity contribution is -0.116. The Kier molecular flexibility index (Phi) is 6.71. The Balaban J connectivity index is 2.23. The molecule has 26 heavy (non-hydrogen) atoms. The number of carbonyl (C=O) groups excluding carboxylic acids is 2. The van der Waals surface area contributed by atoms with E-state index in [0.717, 1.165) is 0 Å². The Bertz CT molecular complexity index is 879. The molecule has 0 atom stereocenters. The summed E-state index contributed by atoms with van der Waals surface area (Å²) in [5.41, 5.74) is 0.500. The summed E-state index contributed by atoms with van der Waals surface area (Å²) in [7, 11) is 1.44. The van der Waals surface area contributed by atoms with Gasteiger partial charge in [-0.1, -0.05) is 18.2 Å². The lowest BCUT2D eigenvalue weighted by atomic mass is 10.1. The van der Waals surface area contributed by atoms with Gasteiger partial charge in [-0.3, -0.25) is 4.79 Å². The number of benzene rings is 1. The Morgan fingerprint density at radius 3 is 2.77 bits per heavy atom. The highest BCUT2D eigenvalue weighted by Crippen LogP contribution is 2.30. The van der Waals surface area contributed by atoms with Gasteiger partial charge < -0.3 is 14.8 Å². The van der Waals surface area contributed by atoms with Crippen LogP contribution in [0.1, 0.15) is 15.2 Å². The van der Waals surface area contributed by atoms with Gasteiger partial charge in [-0.25, -0.2) is 4.79 Å². The number of rotatable bonds is 7. The minimum absolute atomic E-state index is 0.0581. The Morgan fingerprint density at radius 1 is 1.35 bits per heavy atom. The van der Waals surface area contributed by atoms with E-state index < -0.39 is 11.9 Å². The van der Waals surface area contributed by atoms with Crippen molar-refractivity contribution in [3.05, 3.63) is 64.4 Å². The standard InChI is InChI=1S/C19H16N2O4S/c1-3-8-21-18(22)14(12-20)10-13-6-7-15(16(11-13)24-2)25-19(23)17-5-4-9-26-17/h3-7,9-11H,1,8H2,2H3,(H,21,22). The average molecular weight is 368 g/mol. The zero-order valence-electron chi connectivity index (χ0n) is 14.0. The molecule has 0 saturated heterocycles. The second-order valence-electron chi connectivity index (χ2n) is 4.95. The zero-order chi connectivity index (χ0) is 18.9. The fraction of sp³-hybridized carbons (Fsp3) is 0.105. The van der Waals surface area contributed by atoms with Crippen LogP contribution in [0.15, 0.2) is 53.9 Å². The van der Waals surface area contributed by atoms with Crippen LogP contribution in [0.5, 0.6) is 11.5 Å². The molecule has 7 heteroatoms. The van der Waals surface area contributed by atoms with Gasteiger partial charge in [0, 0.05) is 6.54 Å². The van der Waals surface area contributed by atoms with Gasteiger partial charge in [0.2, 0.25) is 0 Å². The molecule has 1 amide bonds. The number of nitriles is 1. The quantitative estimate of drug-likeness (QED) is 0.267. The minimum Gasteiger partial charge on any atom is -0.493 e. The molecule has 0 saturated carbocycles. The highest BCUT2D eigenvalue weighted by molar-refractivity contribution is 7.12. The van der Waals surface area contributed by atoms with Gasteiger partial charge in [0.1, 0.15) is 16.5 Å². The largest absolute Gasteiger partial charge is 0.493 e. The first-order valence-electron chi connectivity index (χ1n) is 7.53. The molecule has 6 nitrogen and oxygen atoms in total. The molecule has 1 N–H and O–H groups in total. The van der Waals surface area contributed by atoms with Gasteiger partial charge in [0.25, 0.3) is 5.91 Å². The van der Waals surface area contributed by atoms with E-state index in [1.807, 2.05) is 6.07 Å².